The fourth-order valence-electron chi connectivity index (χ4n) is 2.69. The highest BCUT2D eigenvalue weighted by Crippen LogP contribution is 2.20. The highest BCUT2D eigenvalue weighted by atomic mass is 16.1. The standard InChI is InChI=1S/C15H26N4O/c1-3-4-13(16)11-19-15(20)9-14(10-17-19)18-7-5-12(2)6-8-18/h9-10,12-13H,3-8,11,16H2,1-2H3. The molecule has 20 heavy (non-hydrogen) atoms. The van der Waals surface area contributed by atoms with Crippen LogP contribution >= 0.6 is 0 Å². The summed E-state index contributed by atoms with van der Waals surface area (Å²) >= 11 is 0. The molecule has 0 aromatic carbocycles. The molecule has 1 atom stereocenters. The van der Waals surface area contributed by atoms with Crippen molar-refractivity contribution in [2.45, 2.75) is 52.1 Å². The summed E-state index contributed by atoms with van der Waals surface area (Å²) in [7, 11) is 0. The molecule has 1 unspecified atom stereocenters. The van der Waals surface area contributed by atoms with Crippen LogP contribution in [-0.2, 0) is 6.54 Å². The Balaban J connectivity index is 2.04. The van der Waals surface area contributed by atoms with Gasteiger partial charge in [-0.3, -0.25) is 4.79 Å². The summed E-state index contributed by atoms with van der Waals surface area (Å²) < 4.78 is 1.48. The summed E-state index contributed by atoms with van der Waals surface area (Å²) in [4.78, 5) is 14.4. The summed E-state index contributed by atoms with van der Waals surface area (Å²) in [5.41, 5.74) is 6.87. The molecule has 1 aromatic rings. The fourth-order valence-corrected chi connectivity index (χ4v) is 2.69. The van der Waals surface area contributed by atoms with Crippen LogP contribution in [0.3, 0.4) is 0 Å². The van der Waals surface area contributed by atoms with Crippen LogP contribution in [-0.4, -0.2) is 28.9 Å². The predicted octanol–water partition coefficient (Wildman–Crippen LogP) is 1.61. The molecule has 1 fully saturated rings. The largest absolute Gasteiger partial charge is 0.370 e. The Hall–Kier alpha value is -1.36. The summed E-state index contributed by atoms with van der Waals surface area (Å²) in [6.45, 7) is 6.91. The maximum atomic E-state index is 12.1. The molecule has 0 radical (unpaired) electrons. The number of hydrogen-bond acceptors (Lipinski definition) is 4. The van der Waals surface area contributed by atoms with Crippen molar-refractivity contribution in [3.05, 3.63) is 22.6 Å². The molecule has 2 rings (SSSR count). The summed E-state index contributed by atoms with van der Waals surface area (Å²) in [5, 5.41) is 4.28. The topological polar surface area (TPSA) is 64.2 Å². The van der Waals surface area contributed by atoms with E-state index in [1.807, 2.05) is 0 Å². The molecule has 5 nitrogen and oxygen atoms in total. The lowest BCUT2D eigenvalue weighted by Gasteiger charge is -2.31. The third-order valence-electron chi connectivity index (χ3n) is 4.07. The van der Waals surface area contributed by atoms with Gasteiger partial charge in [0.25, 0.3) is 5.56 Å². The molecule has 5 heteroatoms. The minimum Gasteiger partial charge on any atom is -0.370 e. The van der Waals surface area contributed by atoms with Crippen molar-refractivity contribution in [1.29, 1.82) is 0 Å². The van der Waals surface area contributed by atoms with Crippen molar-refractivity contribution < 1.29 is 0 Å². The van der Waals surface area contributed by atoms with Crippen molar-refractivity contribution in [3.63, 3.8) is 0 Å². The van der Waals surface area contributed by atoms with E-state index in [1.165, 1.54) is 17.5 Å². The number of nitrogens with zero attached hydrogens (tertiary/aromatic N) is 3. The zero-order chi connectivity index (χ0) is 14.5. The van der Waals surface area contributed by atoms with Gasteiger partial charge in [0.1, 0.15) is 0 Å². The van der Waals surface area contributed by atoms with E-state index in [-0.39, 0.29) is 11.6 Å². The van der Waals surface area contributed by atoms with Crippen LogP contribution in [0.1, 0.15) is 39.5 Å². The SMILES string of the molecule is CCCC(N)Cn1ncc(N2CCC(C)CC2)cc1=O. The van der Waals surface area contributed by atoms with Crippen LogP contribution in [0.5, 0.6) is 0 Å². The van der Waals surface area contributed by atoms with E-state index < -0.39 is 0 Å². The number of anilines is 1. The van der Waals surface area contributed by atoms with E-state index in [1.54, 1.807) is 12.3 Å². The highest BCUT2D eigenvalue weighted by molar-refractivity contribution is 5.43. The van der Waals surface area contributed by atoms with Gasteiger partial charge in [0, 0.05) is 25.2 Å². The smallest absolute Gasteiger partial charge is 0.268 e. The first-order valence-electron chi connectivity index (χ1n) is 7.68. The third kappa shape index (κ3) is 3.82. The minimum atomic E-state index is -0.0484. The Kier molecular flexibility index (Phi) is 5.17. The van der Waals surface area contributed by atoms with Gasteiger partial charge in [-0.1, -0.05) is 20.3 Å². The monoisotopic (exact) mass is 278 g/mol. The molecule has 1 aromatic heterocycles. The van der Waals surface area contributed by atoms with Gasteiger partial charge in [-0.25, -0.2) is 4.68 Å². The fraction of sp³-hybridized carbons (Fsp3) is 0.733. The van der Waals surface area contributed by atoms with Crippen LogP contribution in [0.4, 0.5) is 5.69 Å². The Morgan fingerprint density at radius 3 is 2.75 bits per heavy atom. The Morgan fingerprint density at radius 1 is 1.45 bits per heavy atom. The normalized spacial score (nSPS) is 18.2. The van der Waals surface area contributed by atoms with Gasteiger partial charge in [-0.2, -0.15) is 5.10 Å². The lowest BCUT2D eigenvalue weighted by molar-refractivity contribution is 0.435. The molecule has 2 heterocycles. The molecule has 112 valence electrons. The van der Waals surface area contributed by atoms with Gasteiger partial charge < -0.3 is 10.6 Å². The number of hydrogen-bond donors (Lipinski definition) is 1. The number of nitrogens with two attached hydrogens (primary N) is 1. The molecule has 1 aliphatic rings. The maximum absolute atomic E-state index is 12.1. The van der Waals surface area contributed by atoms with E-state index in [9.17, 15) is 4.79 Å². The first kappa shape index (κ1) is 15.0. The Bertz CT molecular complexity index is 477. The van der Waals surface area contributed by atoms with Crippen molar-refractivity contribution in [2.75, 3.05) is 18.0 Å². The molecule has 0 bridgehead atoms. The highest BCUT2D eigenvalue weighted by Gasteiger charge is 2.17. The molecule has 0 amide bonds. The van der Waals surface area contributed by atoms with Crippen LogP contribution < -0.4 is 16.2 Å². The Morgan fingerprint density at radius 2 is 2.15 bits per heavy atom. The number of piperidine rings is 1. The van der Waals surface area contributed by atoms with E-state index in [4.69, 9.17) is 5.73 Å². The lowest BCUT2D eigenvalue weighted by atomic mass is 9.99. The quantitative estimate of drug-likeness (QED) is 0.888. The average Bonchev–Trinajstić information content (AvgIpc) is 2.42. The summed E-state index contributed by atoms with van der Waals surface area (Å²) in [6, 6.07) is 1.70. The second-order valence-corrected chi connectivity index (χ2v) is 5.95. The van der Waals surface area contributed by atoms with Crippen LogP contribution in [0.15, 0.2) is 17.1 Å². The van der Waals surface area contributed by atoms with Crippen LogP contribution in [0, 0.1) is 5.92 Å². The first-order valence-corrected chi connectivity index (χ1v) is 7.68. The van der Waals surface area contributed by atoms with Gasteiger partial charge in [-0.05, 0) is 25.2 Å². The second kappa shape index (κ2) is 6.88. The molecule has 1 saturated heterocycles. The predicted molar refractivity (Wildman–Crippen MR) is 82.0 cm³/mol. The van der Waals surface area contributed by atoms with Gasteiger partial charge in [0.2, 0.25) is 0 Å². The molecule has 1 aliphatic heterocycles. The van der Waals surface area contributed by atoms with E-state index in [0.717, 1.165) is 37.5 Å². The van der Waals surface area contributed by atoms with Crippen molar-refractivity contribution >= 4 is 5.69 Å². The Labute approximate surface area is 120 Å². The van der Waals surface area contributed by atoms with Crippen molar-refractivity contribution in [3.8, 4) is 0 Å². The summed E-state index contributed by atoms with van der Waals surface area (Å²) in [6.07, 6.45) is 6.12. The van der Waals surface area contributed by atoms with Crippen molar-refractivity contribution in [2.24, 2.45) is 11.7 Å². The molecule has 0 saturated carbocycles. The second-order valence-electron chi connectivity index (χ2n) is 5.95. The third-order valence-corrected chi connectivity index (χ3v) is 4.07. The van der Waals surface area contributed by atoms with Gasteiger partial charge in [0.15, 0.2) is 0 Å². The zero-order valence-corrected chi connectivity index (χ0v) is 12.6. The average molecular weight is 278 g/mol. The van der Waals surface area contributed by atoms with Gasteiger partial charge >= 0.3 is 0 Å². The molecular formula is C15H26N4O. The van der Waals surface area contributed by atoms with Crippen LogP contribution in [0.2, 0.25) is 0 Å². The van der Waals surface area contributed by atoms with Crippen LogP contribution in [0.25, 0.3) is 0 Å². The van der Waals surface area contributed by atoms with E-state index in [2.05, 4.69) is 23.8 Å². The maximum Gasteiger partial charge on any atom is 0.268 e. The molecule has 0 spiro atoms. The molecule has 2 N–H and O–H groups in total. The first-order chi connectivity index (χ1) is 9.60. The minimum absolute atomic E-state index is 0.00638. The lowest BCUT2D eigenvalue weighted by Crippen LogP contribution is -2.36. The summed E-state index contributed by atoms with van der Waals surface area (Å²) in [5.74, 6) is 0.784. The molecule has 0 aliphatic carbocycles. The van der Waals surface area contributed by atoms with E-state index >= 15 is 0 Å². The molecular weight excluding hydrogens is 252 g/mol. The number of rotatable bonds is 5. The number of aromatic nitrogens is 2. The van der Waals surface area contributed by atoms with E-state index in [0.29, 0.717) is 6.54 Å². The van der Waals surface area contributed by atoms with Gasteiger partial charge in [-0.15, -0.1) is 0 Å². The zero-order valence-electron chi connectivity index (χ0n) is 12.6. The van der Waals surface area contributed by atoms with Gasteiger partial charge in [0.05, 0.1) is 18.4 Å². The van der Waals surface area contributed by atoms with Crippen molar-refractivity contribution in [1.82, 2.24) is 9.78 Å².